The van der Waals surface area contributed by atoms with Gasteiger partial charge in [-0.3, -0.25) is 0 Å². The summed E-state index contributed by atoms with van der Waals surface area (Å²) in [6.45, 7) is 12.5. The fourth-order valence-corrected chi connectivity index (χ4v) is 1.65. The Bertz CT molecular complexity index is 249. The van der Waals surface area contributed by atoms with E-state index in [1.165, 1.54) is 5.57 Å². The molecule has 2 unspecified atom stereocenters. The quantitative estimate of drug-likeness (QED) is 0.221. The highest BCUT2D eigenvalue weighted by atomic mass is 16.5. The predicted octanol–water partition coefficient (Wildman–Crippen LogP) is 3.99. The normalized spacial score (nSPS) is 16.1. The summed E-state index contributed by atoms with van der Waals surface area (Å²) in [5.41, 5.74) is 1.37. The van der Waals surface area contributed by atoms with E-state index in [4.69, 9.17) is 0 Å². The molecule has 0 aromatic carbocycles. The molecular weight excluding hydrogens is 198 g/mol. The van der Waals surface area contributed by atoms with Crippen LogP contribution in [0.25, 0.3) is 0 Å². The lowest BCUT2D eigenvalue weighted by molar-refractivity contribution is -0.489. The zero-order chi connectivity index (χ0) is 12.7. The molecule has 2 nitrogen and oxygen atoms in total. The molecule has 0 saturated heterocycles. The molecule has 0 aliphatic heterocycles. The second kappa shape index (κ2) is 7.48. The van der Waals surface area contributed by atoms with Crippen molar-refractivity contribution in [3.05, 3.63) is 16.9 Å². The molecule has 0 aromatic rings. The van der Waals surface area contributed by atoms with E-state index in [0.29, 0.717) is 11.8 Å². The molecule has 0 N–H and O–H groups in total. The summed E-state index contributed by atoms with van der Waals surface area (Å²) < 4.78 is 1.07. The van der Waals surface area contributed by atoms with Gasteiger partial charge in [0.2, 0.25) is 0 Å². The predicted molar refractivity (Wildman–Crippen MR) is 71.8 cm³/mol. The van der Waals surface area contributed by atoms with E-state index in [1.54, 1.807) is 0 Å². The van der Waals surface area contributed by atoms with Crippen LogP contribution in [0.3, 0.4) is 0 Å². The van der Waals surface area contributed by atoms with Crippen molar-refractivity contribution in [2.75, 3.05) is 0 Å². The van der Waals surface area contributed by atoms with E-state index >= 15 is 0 Å². The maximum absolute atomic E-state index is 11.5. The minimum absolute atomic E-state index is 0.0514. The van der Waals surface area contributed by atoms with Gasteiger partial charge in [0.05, 0.1) is 0 Å². The Morgan fingerprint density at radius 2 is 1.75 bits per heavy atom. The molecule has 0 bridgehead atoms. The van der Waals surface area contributed by atoms with Crippen molar-refractivity contribution in [1.82, 2.24) is 0 Å². The third-order valence-electron chi connectivity index (χ3n) is 2.61. The van der Waals surface area contributed by atoms with Gasteiger partial charge in [-0.25, -0.2) is 4.74 Å². The van der Waals surface area contributed by atoms with Gasteiger partial charge in [-0.1, -0.05) is 25.5 Å². The first kappa shape index (κ1) is 15.2. The molecule has 16 heavy (non-hydrogen) atoms. The monoisotopic (exact) mass is 225 g/mol. The first-order chi connectivity index (χ1) is 7.32. The standard InChI is InChI=1S/C14H27NO/c1-11(2)7-8-13(5)9-14(6)10-15(16)12(3)4/h7,10,12-14H,8-9H2,1-6H3. The molecule has 0 heterocycles. The molecular formula is C14H27NO. The van der Waals surface area contributed by atoms with Gasteiger partial charge in [-0.05, 0) is 46.5 Å². The number of hydroxylamine groups is 1. The average Bonchev–Trinajstić information content (AvgIpc) is 2.14. The van der Waals surface area contributed by atoms with Crippen LogP contribution in [0.1, 0.15) is 54.4 Å². The van der Waals surface area contributed by atoms with Crippen LogP contribution in [-0.2, 0) is 0 Å². The highest BCUT2D eigenvalue weighted by Gasteiger charge is 2.10. The molecule has 0 spiro atoms. The van der Waals surface area contributed by atoms with E-state index in [2.05, 4.69) is 33.8 Å². The lowest BCUT2D eigenvalue weighted by atomic mass is 9.95. The number of hydrogen-bond donors (Lipinski definition) is 0. The molecule has 0 fully saturated rings. The van der Waals surface area contributed by atoms with Crippen LogP contribution in [0.2, 0.25) is 0 Å². The van der Waals surface area contributed by atoms with Gasteiger partial charge >= 0.3 is 0 Å². The first-order valence-corrected chi connectivity index (χ1v) is 6.26. The first-order valence-electron chi connectivity index (χ1n) is 6.26. The minimum atomic E-state index is 0.0514. The van der Waals surface area contributed by atoms with Gasteiger partial charge in [0.1, 0.15) is 0 Å². The SMILES string of the molecule is CC(C)=CCC(C)CC(C)C=[N+]([O-])C(C)C. The van der Waals surface area contributed by atoms with Crippen molar-refractivity contribution < 1.29 is 4.74 Å². The Balaban J connectivity index is 4.09. The molecule has 0 aliphatic rings. The Morgan fingerprint density at radius 1 is 1.19 bits per heavy atom. The molecule has 0 amide bonds. The fraction of sp³-hybridized carbons (Fsp3) is 0.786. The number of allylic oxidation sites excluding steroid dienone is 2. The summed E-state index contributed by atoms with van der Waals surface area (Å²) >= 11 is 0. The van der Waals surface area contributed by atoms with Gasteiger partial charge < -0.3 is 5.21 Å². The van der Waals surface area contributed by atoms with Crippen LogP contribution in [-0.4, -0.2) is 17.0 Å². The topological polar surface area (TPSA) is 26.1 Å². The Morgan fingerprint density at radius 3 is 2.19 bits per heavy atom. The van der Waals surface area contributed by atoms with E-state index in [-0.39, 0.29) is 6.04 Å². The zero-order valence-electron chi connectivity index (χ0n) is 11.7. The average molecular weight is 225 g/mol. The van der Waals surface area contributed by atoms with Crippen LogP contribution in [0.15, 0.2) is 11.6 Å². The van der Waals surface area contributed by atoms with Crippen LogP contribution in [0.4, 0.5) is 0 Å². The smallest absolute Gasteiger partial charge is 0.157 e. The summed E-state index contributed by atoms with van der Waals surface area (Å²) in [5, 5.41) is 11.5. The Labute approximate surface area is 101 Å². The summed E-state index contributed by atoms with van der Waals surface area (Å²) in [4.78, 5) is 0. The van der Waals surface area contributed by atoms with Crippen molar-refractivity contribution >= 4 is 6.21 Å². The van der Waals surface area contributed by atoms with Crippen molar-refractivity contribution in [2.45, 2.75) is 60.4 Å². The van der Waals surface area contributed by atoms with E-state index in [0.717, 1.165) is 17.6 Å². The summed E-state index contributed by atoms with van der Waals surface area (Å²) in [5.74, 6) is 1.00. The van der Waals surface area contributed by atoms with Crippen molar-refractivity contribution in [3.8, 4) is 0 Å². The Hall–Kier alpha value is -0.790. The fourth-order valence-electron chi connectivity index (χ4n) is 1.65. The Kier molecular flexibility index (Phi) is 7.11. The number of hydrogen-bond acceptors (Lipinski definition) is 1. The van der Waals surface area contributed by atoms with Crippen molar-refractivity contribution in [2.24, 2.45) is 11.8 Å². The molecule has 0 radical (unpaired) electrons. The number of rotatable bonds is 6. The van der Waals surface area contributed by atoms with Gasteiger partial charge in [-0.15, -0.1) is 0 Å². The molecule has 2 heteroatoms. The summed E-state index contributed by atoms with van der Waals surface area (Å²) in [7, 11) is 0. The molecule has 2 atom stereocenters. The van der Waals surface area contributed by atoms with Gasteiger partial charge in [-0.2, -0.15) is 0 Å². The molecule has 94 valence electrons. The number of nitrogens with zero attached hydrogens (tertiary/aromatic N) is 1. The molecule has 0 aromatic heterocycles. The van der Waals surface area contributed by atoms with Crippen LogP contribution < -0.4 is 0 Å². The summed E-state index contributed by atoms with van der Waals surface area (Å²) in [6.07, 6.45) is 6.27. The van der Waals surface area contributed by atoms with Crippen LogP contribution in [0.5, 0.6) is 0 Å². The third kappa shape index (κ3) is 7.49. The zero-order valence-corrected chi connectivity index (χ0v) is 11.7. The third-order valence-corrected chi connectivity index (χ3v) is 2.61. The highest BCUT2D eigenvalue weighted by molar-refractivity contribution is 5.54. The molecule has 0 saturated carbocycles. The van der Waals surface area contributed by atoms with Crippen molar-refractivity contribution in [3.63, 3.8) is 0 Å². The maximum Gasteiger partial charge on any atom is 0.157 e. The minimum Gasteiger partial charge on any atom is -0.624 e. The van der Waals surface area contributed by atoms with E-state index in [9.17, 15) is 5.21 Å². The lowest BCUT2D eigenvalue weighted by Gasteiger charge is -2.14. The van der Waals surface area contributed by atoms with Gasteiger partial charge in [0, 0.05) is 5.92 Å². The van der Waals surface area contributed by atoms with Crippen molar-refractivity contribution in [1.29, 1.82) is 0 Å². The van der Waals surface area contributed by atoms with Gasteiger partial charge in [0.25, 0.3) is 0 Å². The molecule has 0 aliphatic carbocycles. The highest BCUT2D eigenvalue weighted by Crippen LogP contribution is 2.15. The second-order valence-electron chi connectivity index (χ2n) is 5.44. The van der Waals surface area contributed by atoms with Crippen LogP contribution in [0, 0.1) is 17.0 Å². The largest absolute Gasteiger partial charge is 0.624 e. The summed E-state index contributed by atoms with van der Waals surface area (Å²) in [6, 6.07) is 0.0514. The molecule has 0 rings (SSSR count). The van der Waals surface area contributed by atoms with E-state index < -0.39 is 0 Å². The van der Waals surface area contributed by atoms with E-state index in [1.807, 2.05) is 20.1 Å². The lowest BCUT2D eigenvalue weighted by Crippen LogP contribution is -2.18. The van der Waals surface area contributed by atoms with Gasteiger partial charge in [0.15, 0.2) is 12.3 Å². The van der Waals surface area contributed by atoms with Crippen LogP contribution >= 0.6 is 0 Å². The second-order valence-corrected chi connectivity index (χ2v) is 5.44. The maximum atomic E-state index is 11.5.